The summed E-state index contributed by atoms with van der Waals surface area (Å²) in [4.78, 5) is 37.0. The van der Waals surface area contributed by atoms with Gasteiger partial charge in [0.1, 0.15) is 6.04 Å². The van der Waals surface area contributed by atoms with E-state index in [1.807, 2.05) is 24.3 Å². The fraction of sp³-hybridized carbons (Fsp3) is 0.294. The minimum absolute atomic E-state index is 0.0995. The lowest BCUT2D eigenvalue weighted by Crippen LogP contribution is -2.41. The van der Waals surface area contributed by atoms with Crippen LogP contribution in [0.1, 0.15) is 12.5 Å². The molecule has 0 unspecified atom stereocenters. The third kappa shape index (κ3) is 4.82. The minimum atomic E-state index is -1.03. The van der Waals surface area contributed by atoms with E-state index in [1.54, 1.807) is 18.1 Å². The summed E-state index contributed by atoms with van der Waals surface area (Å²) in [5, 5.41) is 21.8. The van der Waals surface area contributed by atoms with Gasteiger partial charge in [-0.3, -0.25) is 20.3 Å². The van der Waals surface area contributed by atoms with Gasteiger partial charge in [0, 0.05) is 37.5 Å². The van der Waals surface area contributed by atoms with Gasteiger partial charge in [0.2, 0.25) is 11.8 Å². The quantitative estimate of drug-likeness (QED) is 0.534. The Kier molecular flexibility index (Phi) is 5.94. The first-order valence-corrected chi connectivity index (χ1v) is 7.92. The van der Waals surface area contributed by atoms with E-state index in [-0.39, 0.29) is 24.2 Å². The number of aliphatic carboxylic acids is 1. The molecule has 0 saturated carbocycles. The van der Waals surface area contributed by atoms with Crippen molar-refractivity contribution >= 4 is 34.6 Å². The second-order valence-electron chi connectivity index (χ2n) is 5.91. The summed E-state index contributed by atoms with van der Waals surface area (Å²) >= 11 is 0. The van der Waals surface area contributed by atoms with Crippen LogP contribution in [0.15, 0.2) is 30.5 Å². The standard InChI is InChI=1S/C13H14N2O3.C4H7N3O/c1-8(16)15-12(13(17)18)6-9-7-14-11-5-3-2-4-10(9)11;1-7-2-3(8)6-4(7)5/h2-5,7,12,14H,6H2,1H3,(H,15,16)(H,17,18);2H2,1H3,(H2,5,6,8)/t12-;/m0./s1. The van der Waals surface area contributed by atoms with Crippen molar-refractivity contribution in [3.05, 3.63) is 36.0 Å². The van der Waals surface area contributed by atoms with E-state index in [0.717, 1.165) is 16.5 Å². The maximum atomic E-state index is 11.1. The molecule has 2 heterocycles. The molecule has 1 aromatic carbocycles. The summed E-state index contributed by atoms with van der Waals surface area (Å²) in [6.07, 6.45) is 2.04. The Morgan fingerprint density at radius 1 is 1.38 bits per heavy atom. The van der Waals surface area contributed by atoms with Crippen LogP contribution in [0, 0.1) is 5.41 Å². The highest BCUT2D eigenvalue weighted by Crippen LogP contribution is 2.19. The molecule has 1 fully saturated rings. The van der Waals surface area contributed by atoms with E-state index >= 15 is 0 Å². The Morgan fingerprint density at radius 2 is 2.08 bits per heavy atom. The molecule has 5 N–H and O–H groups in total. The number of carboxylic acids is 1. The Bertz CT molecular complexity index is 845. The van der Waals surface area contributed by atoms with E-state index in [4.69, 9.17) is 10.5 Å². The molecule has 2 amide bonds. The molecule has 1 aliphatic heterocycles. The normalized spacial score (nSPS) is 14.5. The number of carbonyl (C=O) groups is 3. The largest absolute Gasteiger partial charge is 0.480 e. The van der Waals surface area contributed by atoms with Gasteiger partial charge in [0.15, 0.2) is 5.96 Å². The molecule has 9 heteroatoms. The summed E-state index contributed by atoms with van der Waals surface area (Å²) in [5.74, 6) is -1.29. The number of aromatic nitrogens is 1. The van der Waals surface area contributed by atoms with Crippen LogP contribution in [0.5, 0.6) is 0 Å². The smallest absolute Gasteiger partial charge is 0.326 e. The highest BCUT2D eigenvalue weighted by molar-refractivity contribution is 6.02. The SMILES string of the molecule is CC(=O)N[C@@H](Cc1c[nH]c2ccccc12)C(=O)O.CN1CC(=O)NC1=N. The number of nitrogens with zero attached hydrogens (tertiary/aromatic N) is 1. The lowest BCUT2D eigenvalue weighted by molar-refractivity contribution is -0.141. The van der Waals surface area contributed by atoms with Crippen molar-refractivity contribution in [2.24, 2.45) is 0 Å². The van der Waals surface area contributed by atoms with Crippen molar-refractivity contribution in [1.29, 1.82) is 5.41 Å². The molecule has 1 atom stereocenters. The van der Waals surface area contributed by atoms with Crippen molar-refractivity contribution in [3.63, 3.8) is 0 Å². The van der Waals surface area contributed by atoms with Crippen LogP contribution in [0.2, 0.25) is 0 Å². The number of guanidine groups is 1. The first-order valence-electron chi connectivity index (χ1n) is 7.92. The molecule has 138 valence electrons. The third-order valence-electron chi connectivity index (χ3n) is 3.79. The molecule has 0 bridgehead atoms. The zero-order chi connectivity index (χ0) is 19.3. The number of H-pyrrole nitrogens is 1. The monoisotopic (exact) mass is 359 g/mol. The Balaban J connectivity index is 0.000000254. The molecule has 0 aliphatic carbocycles. The number of aromatic amines is 1. The Labute approximate surface area is 149 Å². The molecule has 9 nitrogen and oxygen atoms in total. The van der Waals surface area contributed by atoms with Gasteiger partial charge in [-0.05, 0) is 11.6 Å². The summed E-state index contributed by atoms with van der Waals surface area (Å²) in [6.45, 7) is 1.63. The number of rotatable bonds is 4. The molecule has 26 heavy (non-hydrogen) atoms. The number of nitrogens with one attached hydrogen (secondary N) is 4. The van der Waals surface area contributed by atoms with Gasteiger partial charge < -0.3 is 20.3 Å². The molecule has 2 aromatic rings. The highest BCUT2D eigenvalue weighted by atomic mass is 16.4. The van der Waals surface area contributed by atoms with E-state index in [1.165, 1.54) is 6.92 Å². The van der Waals surface area contributed by atoms with E-state index < -0.39 is 12.0 Å². The van der Waals surface area contributed by atoms with Gasteiger partial charge in [-0.2, -0.15) is 0 Å². The highest BCUT2D eigenvalue weighted by Gasteiger charge is 2.20. The minimum Gasteiger partial charge on any atom is -0.480 e. The summed E-state index contributed by atoms with van der Waals surface area (Å²) in [5.41, 5.74) is 1.84. The Hall–Kier alpha value is -3.36. The van der Waals surface area contributed by atoms with Gasteiger partial charge in [-0.25, -0.2) is 4.79 Å². The molecule has 1 aromatic heterocycles. The van der Waals surface area contributed by atoms with Gasteiger partial charge in [0.25, 0.3) is 0 Å². The number of benzene rings is 1. The first kappa shape index (κ1) is 19.0. The van der Waals surface area contributed by atoms with Crippen LogP contribution in [0.3, 0.4) is 0 Å². The summed E-state index contributed by atoms with van der Waals surface area (Å²) in [6, 6.07) is 6.75. The topological polar surface area (TPSA) is 138 Å². The summed E-state index contributed by atoms with van der Waals surface area (Å²) in [7, 11) is 1.69. The van der Waals surface area contributed by atoms with Crippen molar-refractivity contribution in [3.8, 4) is 0 Å². The number of carbonyl (C=O) groups excluding carboxylic acids is 2. The second-order valence-corrected chi connectivity index (χ2v) is 5.91. The maximum absolute atomic E-state index is 11.1. The molecule has 3 rings (SSSR count). The molecule has 1 saturated heterocycles. The van der Waals surface area contributed by atoms with Crippen LogP contribution in [-0.2, 0) is 20.8 Å². The molecule has 0 spiro atoms. The van der Waals surface area contributed by atoms with Gasteiger partial charge in [-0.15, -0.1) is 0 Å². The zero-order valence-corrected chi connectivity index (χ0v) is 14.5. The number of hydrogen-bond acceptors (Lipinski definition) is 4. The van der Waals surface area contributed by atoms with Crippen LogP contribution in [0.25, 0.3) is 10.9 Å². The number of hydrogen-bond donors (Lipinski definition) is 5. The predicted molar refractivity (Wildman–Crippen MR) is 95.7 cm³/mol. The first-order chi connectivity index (χ1) is 12.3. The lowest BCUT2D eigenvalue weighted by atomic mass is 10.1. The molecule has 1 aliphatic rings. The van der Waals surface area contributed by atoms with Crippen molar-refractivity contribution in [1.82, 2.24) is 20.5 Å². The fourth-order valence-corrected chi connectivity index (χ4v) is 2.53. The van der Waals surface area contributed by atoms with Crippen molar-refractivity contribution < 1.29 is 19.5 Å². The van der Waals surface area contributed by atoms with Crippen LogP contribution >= 0.6 is 0 Å². The third-order valence-corrected chi connectivity index (χ3v) is 3.79. The zero-order valence-electron chi connectivity index (χ0n) is 14.5. The maximum Gasteiger partial charge on any atom is 0.326 e. The lowest BCUT2D eigenvalue weighted by Gasteiger charge is -2.12. The molecule has 0 radical (unpaired) electrons. The Morgan fingerprint density at radius 3 is 2.58 bits per heavy atom. The second kappa shape index (κ2) is 8.15. The van der Waals surface area contributed by atoms with Crippen LogP contribution in [-0.4, -0.2) is 58.4 Å². The van der Waals surface area contributed by atoms with E-state index in [9.17, 15) is 14.4 Å². The number of para-hydroxylation sites is 1. The number of likely N-dealkylation sites (N-methyl/N-ethyl adjacent to an activating group) is 1. The van der Waals surface area contributed by atoms with Crippen molar-refractivity contribution in [2.45, 2.75) is 19.4 Å². The fourth-order valence-electron chi connectivity index (χ4n) is 2.53. The summed E-state index contributed by atoms with van der Waals surface area (Å²) < 4.78 is 0. The van der Waals surface area contributed by atoms with Crippen molar-refractivity contribution in [2.75, 3.05) is 13.6 Å². The number of fused-ring (bicyclic) bond motifs is 1. The molecular weight excluding hydrogens is 338 g/mol. The van der Waals surface area contributed by atoms with E-state index in [2.05, 4.69) is 15.6 Å². The average molecular weight is 359 g/mol. The molecular formula is C17H21N5O4. The van der Waals surface area contributed by atoms with Gasteiger partial charge in [-0.1, -0.05) is 18.2 Å². The van der Waals surface area contributed by atoms with Crippen LogP contribution < -0.4 is 10.6 Å². The number of carboxylic acid groups (broad SMARTS) is 1. The number of amides is 2. The van der Waals surface area contributed by atoms with Gasteiger partial charge in [0.05, 0.1) is 6.54 Å². The average Bonchev–Trinajstić information content (AvgIpc) is 3.10. The van der Waals surface area contributed by atoms with Crippen LogP contribution in [0.4, 0.5) is 0 Å². The predicted octanol–water partition coefficient (Wildman–Crippen LogP) is 0.282. The van der Waals surface area contributed by atoms with Gasteiger partial charge >= 0.3 is 5.97 Å². The van der Waals surface area contributed by atoms with E-state index in [0.29, 0.717) is 6.54 Å².